The van der Waals surface area contributed by atoms with Gasteiger partial charge in [-0.05, 0) is 68.3 Å². The molecule has 4 rings (SSSR count). The quantitative estimate of drug-likeness (QED) is 0.380. The van der Waals surface area contributed by atoms with Gasteiger partial charge in [-0.2, -0.15) is 16.7 Å². The Balaban J connectivity index is 1.12. The van der Waals surface area contributed by atoms with Gasteiger partial charge in [0, 0.05) is 28.8 Å². The summed E-state index contributed by atoms with van der Waals surface area (Å²) in [5.74, 6) is 3.48. The van der Waals surface area contributed by atoms with Crippen LogP contribution in [0.25, 0.3) is 11.4 Å². The molecule has 0 unspecified atom stereocenters. The number of carbonyl (C=O) groups is 1. The first-order valence-corrected chi connectivity index (χ1v) is 13.3. The number of hydrogen-bond donors (Lipinski definition) is 1. The first-order valence-electron chi connectivity index (χ1n) is 11.8. The average molecular weight is 499 g/mol. The van der Waals surface area contributed by atoms with Crippen LogP contribution >= 0.6 is 23.4 Å². The maximum Gasteiger partial charge on any atom is 0.241 e. The molecule has 34 heavy (non-hydrogen) atoms. The van der Waals surface area contributed by atoms with Crippen molar-refractivity contribution in [2.24, 2.45) is 5.92 Å². The van der Waals surface area contributed by atoms with E-state index >= 15 is 0 Å². The number of benzene rings is 2. The molecule has 1 aliphatic rings. The van der Waals surface area contributed by atoms with E-state index in [1.165, 1.54) is 5.56 Å². The molecule has 2 aromatic carbocycles. The molecule has 1 aliphatic heterocycles. The first-order chi connectivity index (χ1) is 16.6. The van der Waals surface area contributed by atoms with E-state index in [2.05, 4.69) is 26.4 Å². The Kier molecular flexibility index (Phi) is 9.02. The van der Waals surface area contributed by atoms with Crippen molar-refractivity contribution < 1.29 is 9.32 Å². The Bertz CT molecular complexity index is 1080. The van der Waals surface area contributed by atoms with Crippen molar-refractivity contribution in [3.8, 4) is 11.4 Å². The Morgan fingerprint density at radius 2 is 2.03 bits per heavy atom. The van der Waals surface area contributed by atoms with Crippen LogP contribution in [0.2, 0.25) is 5.02 Å². The van der Waals surface area contributed by atoms with Crippen LogP contribution in [0.4, 0.5) is 0 Å². The maximum atomic E-state index is 12.6. The lowest BCUT2D eigenvalue weighted by Gasteiger charge is -2.30. The molecule has 6 nitrogen and oxygen atoms in total. The zero-order valence-electron chi connectivity index (χ0n) is 19.5. The Hall–Kier alpha value is -2.35. The summed E-state index contributed by atoms with van der Waals surface area (Å²) in [6.07, 6.45) is 2.68. The van der Waals surface area contributed by atoms with Gasteiger partial charge in [0.25, 0.3) is 0 Å². The third-order valence-corrected chi connectivity index (χ3v) is 7.44. The lowest BCUT2D eigenvalue weighted by atomic mass is 9.96. The number of likely N-dealkylation sites (tertiary alicyclic amines) is 1. The Labute approximate surface area is 210 Å². The third-order valence-electron chi connectivity index (χ3n) is 6.09. The van der Waals surface area contributed by atoms with Gasteiger partial charge in [-0.25, -0.2) is 0 Å². The van der Waals surface area contributed by atoms with Gasteiger partial charge in [-0.3, -0.25) is 9.69 Å². The third kappa shape index (κ3) is 7.08. The first kappa shape index (κ1) is 24.8. The SMILES string of the molecule is Cc1ccccc1-c1noc(CN2CCC(C(=O)NCCCSCc3cccc(Cl)c3)CC2)n1. The van der Waals surface area contributed by atoms with E-state index in [-0.39, 0.29) is 11.8 Å². The number of aromatic nitrogens is 2. The summed E-state index contributed by atoms with van der Waals surface area (Å²) >= 11 is 7.89. The number of thioether (sulfide) groups is 1. The minimum Gasteiger partial charge on any atom is -0.356 e. The fraction of sp³-hybridized carbons (Fsp3) is 0.423. The molecule has 8 heteroatoms. The van der Waals surface area contributed by atoms with Gasteiger partial charge in [0.1, 0.15) is 0 Å². The van der Waals surface area contributed by atoms with Crippen LogP contribution in [0.15, 0.2) is 53.1 Å². The van der Waals surface area contributed by atoms with E-state index in [0.717, 1.165) is 66.6 Å². The van der Waals surface area contributed by atoms with Crippen molar-refractivity contribution in [2.75, 3.05) is 25.4 Å². The van der Waals surface area contributed by atoms with Crippen molar-refractivity contribution in [1.82, 2.24) is 20.4 Å². The van der Waals surface area contributed by atoms with Crippen LogP contribution in [0.1, 0.15) is 36.3 Å². The summed E-state index contributed by atoms with van der Waals surface area (Å²) in [6.45, 7) is 5.11. The van der Waals surface area contributed by atoms with Crippen molar-refractivity contribution >= 4 is 29.3 Å². The number of amides is 1. The highest BCUT2D eigenvalue weighted by Crippen LogP contribution is 2.22. The van der Waals surface area contributed by atoms with E-state index in [9.17, 15) is 4.79 Å². The molecule has 0 bridgehead atoms. The Morgan fingerprint density at radius 1 is 1.21 bits per heavy atom. The number of halogens is 1. The highest BCUT2D eigenvalue weighted by Gasteiger charge is 2.25. The minimum atomic E-state index is 0.0839. The van der Waals surface area contributed by atoms with Crippen molar-refractivity contribution in [1.29, 1.82) is 0 Å². The van der Waals surface area contributed by atoms with Crippen molar-refractivity contribution in [3.05, 3.63) is 70.6 Å². The maximum absolute atomic E-state index is 12.6. The molecule has 3 aromatic rings. The van der Waals surface area contributed by atoms with Gasteiger partial charge < -0.3 is 9.84 Å². The predicted molar refractivity (Wildman–Crippen MR) is 138 cm³/mol. The highest BCUT2D eigenvalue weighted by atomic mass is 35.5. The van der Waals surface area contributed by atoms with Crippen LogP contribution in [0.5, 0.6) is 0 Å². The molecular formula is C26H31ClN4O2S. The molecular weight excluding hydrogens is 468 g/mol. The van der Waals surface area contributed by atoms with Gasteiger partial charge in [0.2, 0.25) is 17.6 Å². The second kappa shape index (κ2) is 12.4. The number of aryl methyl sites for hydroxylation is 1. The van der Waals surface area contributed by atoms with Gasteiger partial charge in [-0.15, -0.1) is 0 Å². The van der Waals surface area contributed by atoms with Crippen LogP contribution in [0, 0.1) is 12.8 Å². The average Bonchev–Trinajstić information content (AvgIpc) is 3.30. The molecule has 180 valence electrons. The van der Waals surface area contributed by atoms with E-state index in [1.54, 1.807) is 0 Å². The van der Waals surface area contributed by atoms with E-state index in [1.807, 2.05) is 61.2 Å². The highest BCUT2D eigenvalue weighted by molar-refractivity contribution is 7.98. The van der Waals surface area contributed by atoms with E-state index < -0.39 is 0 Å². The summed E-state index contributed by atoms with van der Waals surface area (Å²) in [4.78, 5) is 19.4. The molecule has 0 radical (unpaired) electrons. The summed E-state index contributed by atoms with van der Waals surface area (Å²) in [5.41, 5.74) is 3.36. The number of rotatable bonds is 10. The lowest BCUT2D eigenvalue weighted by molar-refractivity contribution is -0.126. The van der Waals surface area contributed by atoms with Crippen LogP contribution < -0.4 is 5.32 Å². The fourth-order valence-corrected chi connectivity index (χ4v) is 5.26. The van der Waals surface area contributed by atoms with Gasteiger partial charge in [0.05, 0.1) is 6.54 Å². The molecule has 1 fully saturated rings. The number of nitrogens with one attached hydrogen (secondary N) is 1. The molecule has 0 atom stereocenters. The molecule has 1 aromatic heterocycles. The smallest absolute Gasteiger partial charge is 0.241 e. The fourth-order valence-electron chi connectivity index (χ4n) is 4.14. The summed E-state index contributed by atoms with van der Waals surface area (Å²) in [6, 6.07) is 16.0. The number of piperidine rings is 1. The number of nitrogens with zero attached hydrogens (tertiary/aromatic N) is 3. The van der Waals surface area contributed by atoms with Crippen molar-refractivity contribution in [2.45, 2.75) is 38.5 Å². The van der Waals surface area contributed by atoms with Crippen molar-refractivity contribution in [3.63, 3.8) is 0 Å². The molecule has 1 N–H and O–H groups in total. The largest absolute Gasteiger partial charge is 0.356 e. The number of hydrogen-bond acceptors (Lipinski definition) is 6. The lowest BCUT2D eigenvalue weighted by Crippen LogP contribution is -2.40. The summed E-state index contributed by atoms with van der Waals surface area (Å²) < 4.78 is 5.48. The van der Waals surface area contributed by atoms with Crippen LogP contribution in [-0.2, 0) is 17.1 Å². The number of carbonyl (C=O) groups excluding carboxylic acids is 1. The zero-order chi connectivity index (χ0) is 23.8. The molecule has 0 saturated carbocycles. The topological polar surface area (TPSA) is 71.3 Å². The molecule has 1 amide bonds. The molecule has 1 saturated heterocycles. The second-order valence-corrected chi connectivity index (χ2v) is 10.2. The van der Waals surface area contributed by atoms with Gasteiger partial charge in [-0.1, -0.05) is 53.2 Å². The zero-order valence-corrected chi connectivity index (χ0v) is 21.1. The second-order valence-electron chi connectivity index (χ2n) is 8.70. The molecule has 0 spiro atoms. The van der Waals surface area contributed by atoms with Crippen LogP contribution in [0.3, 0.4) is 0 Å². The van der Waals surface area contributed by atoms with Crippen LogP contribution in [-0.4, -0.2) is 46.3 Å². The predicted octanol–water partition coefficient (Wildman–Crippen LogP) is 5.35. The molecule has 0 aliphatic carbocycles. The van der Waals surface area contributed by atoms with E-state index in [0.29, 0.717) is 18.3 Å². The van der Waals surface area contributed by atoms with Gasteiger partial charge in [0.15, 0.2) is 0 Å². The Morgan fingerprint density at radius 3 is 2.82 bits per heavy atom. The minimum absolute atomic E-state index is 0.0839. The summed E-state index contributed by atoms with van der Waals surface area (Å²) in [5, 5.41) is 8.04. The monoisotopic (exact) mass is 498 g/mol. The van der Waals surface area contributed by atoms with E-state index in [4.69, 9.17) is 16.1 Å². The summed E-state index contributed by atoms with van der Waals surface area (Å²) in [7, 11) is 0. The standard InChI is InChI=1S/C26H31ClN4O2S/c1-19-6-2-3-9-23(19)25-29-24(33-30-25)17-31-13-10-21(11-14-31)26(32)28-12-5-15-34-18-20-7-4-8-22(27)16-20/h2-4,6-9,16,21H,5,10-15,17-18H2,1H3,(H,28,32). The van der Waals surface area contributed by atoms with Gasteiger partial charge >= 0.3 is 0 Å². The normalized spacial score (nSPS) is 14.9. The molecule has 2 heterocycles.